The van der Waals surface area contributed by atoms with Gasteiger partial charge in [0.25, 0.3) is 0 Å². The minimum absolute atomic E-state index is 0.113. The first-order valence-electron chi connectivity index (χ1n) is 3.45. The maximum absolute atomic E-state index is 12.3. The highest BCUT2D eigenvalue weighted by atomic mass is 35.5. The lowest BCUT2D eigenvalue weighted by atomic mass is 10.1. The van der Waals surface area contributed by atoms with Crippen LogP contribution in [0.25, 0.3) is 0 Å². The van der Waals surface area contributed by atoms with Crippen LogP contribution in [0, 0.1) is 5.95 Å². The Kier molecular flexibility index (Phi) is 3.17. The lowest BCUT2D eigenvalue weighted by Gasteiger charge is -1.96. The lowest BCUT2D eigenvalue weighted by Crippen LogP contribution is -2.00. The monoisotopic (exact) mass is 187 g/mol. The van der Waals surface area contributed by atoms with Crippen LogP contribution in [0.5, 0.6) is 0 Å². The molecule has 0 spiro atoms. The molecule has 12 heavy (non-hydrogen) atoms. The molecule has 0 atom stereocenters. The fourth-order valence-electron chi connectivity index (χ4n) is 0.771. The van der Waals surface area contributed by atoms with Crippen LogP contribution in [-0.4, -0.2) is 16.6 Å². The number of hydrogen-bond donors (Lipinski definition) is 0. The average molecular weight is 188 g/mol. The SMILES string of the molecule is O=C(CCCl)c1ccc(F)nc1. The van der Waals surface area contributed by atoms with E-state index in [9.17, 15) is 9.18 Å². The summed E-state index contributed by atoms with van der Waals surface area (Å²) in [6.07, 6.45) is 1.47. The van der Waals surface area contributed by atoms with Crippen molar-refractivity contribution in [3.05, 3.63) is 29.8 Å². The van der Waals surface area contributed by atoms with Crippen molar-refractivity contribution in [1.82, 2.24) is 4.98 Å². The Labute approximate surface area is 74.4 Å². The number of halogens is 2. The van der Waals surface area contributed by atoms with E-state index in [1.807, 2.05) is 0 Å². The molecule has 0 amide bonds. The molecule has 0 unspecified atom stereocenters. The molecule has 2 nitrogen and oxygen atoms in total. The number of hydrogen-bond acceptors (Lipinski definition) is 2. The van der Waals surface area contributed by atoms with E-state index in [-0.39, 0.29) is 18.1 Å². The predicted molar refractivity (Wildman–Crippen MR) is 43.9 cm³/mol. The summed E-state index contributed by atoms with van der Waals surface area (Å²) in [6, 6.07) is 2.55. The van der Waals surface area contributed by atoms with Crippen molar-refractivity contribution in [2.24, 2.45) is 0 Å². The lowest BCUT2D eigenvalue weighted by molar-refractivity contribution is 0.0989. The normalized spacial score (nSPS) is 9.83. The Morgan fingerprint density at radius 1 is 1.58 bits per heavy atom. The molecule has 1 aromatic heterocycles. The maximum atomic E-state index is 12.3. The third kappa shape index (κ3) is 2.27. The molecule has 0 saturated carbocycles. The fourth-order valence-corrected chi connectivity index (χ4v) is 0.943. The Balaban J connectivity index is 2.75. The number of rotatable bonds is 3. The molecule has 0 bridgehead atoms. The number of nitrogens with zero attached hydrogens (tertiary/aromatic N) is 1. The van der Waals surface area contributed by atoms with E-state index in [0.29, 0.717) is 5.56 Å². The van der Waals surface area contributed by atoms with E-state index < -0.39 is 5.95 Å². The third-order valence-electron chi connectivity index (χ3n) is 1.37. The zero-order valence-electron chi connectivity index (χ0n) is 6.26. The fraction of sp³-hybridized carbons (Fsp3) is 0.250. The molecule has 0 radical (unpaired) electrons. The first-order chi connectivity index (χ1) is 5.74. The first kappa shape index (κ1) is 9.13. The topological polar surface area (TPSA) is 30.0 Å². The largest absolute Gasteiger partial charge is 0.294 e. The van der Waals surface area contributed by atoms with Crippen LogP contribution in [0.2, 0.25) is 0 Å². The number of aromatic nitrogens is 1. The highest BCUT2D eigenvalue weighted by Crippen LogP contribution is 2.03. The van der Waals surface area contributed by atoms with Crippen LogP contribution in [0.1, 0.15) is 16.8 Å². The Morgan fingerprint density at radius 2 is 2.33 bits per heavy atom. The second-order valence-corrected chi connectivity index (χ2v) is 2.61. The zero-order valence-corrected chi connectivity index (χ0v) is 7.01. The van der Waals surface area contributed by atoms with Gasteiger partial charge < -0.3 is 0 Å². The highest BCUT2D eigenvalue weighted by molar-refractivity contribution is 6.19. The van der Waals surface area contributed by atoms with Gasteiger partial charge in [-0.1, -0.05) is 0 Å². The predicted octanol–water partition coefficient (Wildman–Crippen LogP) is 2.03. The van der Waals surface area contributed by atoms with Crippen molar-refractivity contribution in [2.45, 2.75) is 6.42 Å². The van der Waals surface area contributed by atoms with Gasteiger partial charge in [0.15, 0.2) is 5.78 Å². The number of alkyl halides is 1. The minimum atomic E-state index is -0.586. The second kappa shape index (κ2) is 4.16. The van der Waals surface area contributed by atoms with Crippen molar-refractivity contribution in [3.8, 4) is 0 Å². The van der Waals surface area contributed by atoms with E-state index in [4.69, 9.17) is 11.6 Å². The minimum Gasteiger partial charge on any atom is -0.294 e. The third-order valence-corrected chi connectivity index (χ3v) is 1.56. The van der Waals surface area contributed by atoms with E-state index in [0.717, 1.165) is 6.07 Å². The molecule has 0 aliphatic carbocycles. The van der Waals surface area contributed by atoms with Crippen molar-refractivity contribution >= 4 is 17.4 Å². The second-order valence-electron chi connectivity index (χ2n) is 2.23. The standard InChI is InChI=1S/C8H7ClFNO/c9-4-3-7(12)6-1-2-8(10)11-5-6/h1-2,5H,3-4H2. The molecule has 1 heterocycles. The van der Waals surface area contributed by atoms with Crippen LogP contribution in [0.15, 0.2) is 18.3 Å². The molecule has 0 aliphatic heterocycles. The van der Waals surface area contributed by atoms with Gasteiger partial charge in [0, 0.05) is 24.1 Å². The molecular weight excluding hydrogens is 181 g/mol. The first-order valence-corrected chi connectivity index (χ1v) is 3.98. The molecule has 0 N–H and O–H groups in total. The summed E-state index contributed by atoms with van der Waals surface area (Å²) in [4.78, 5) is 14.5. The van der Waals surface area contributed by atoms with Crippen LogP contribution in [-0.2, 0) is 0 Å². The summed E-state index contributed by atoms with van der Waals surface area (Å²) in [7, 11) is 0. The van der Waals surface area contributed by atoms with Crippen LogP contribution < -0.4 is 0 Å². The van der Waals surface area contributed by atoms with Gasteiger partial charge in [-0.05, 0) is 12.1 Å². The summed E-state index contributed by atoms with van der Waals surface area (Å²) < 4.78 is 12.3. The molecule has 1 aromatic rings. The summed E-state index contributed by atoms with van der Waals surface area (Å²) in [6.45, 7) is 0. The van der Waals surface area contributed by atoms with Crippen molar-refractivity contribution in [3.63, 3.8) is 0 Å². The molecule has 4 heteroatoms. The summed E-state index contributed by atoms with van der Waals surface area (Å²) in [5.41, 5.74) is 0.400. The van der Waals surface area contributed by atoms with E-state index in [1.165, 1.54) is 12.3 Å². The highest BCUT2D eigenvalue weighted by Gasteiger charge is 2.04. The Bertz CT molecular complexity index is 273. The van der Waals surface area contributed by atoms with Gasteiger partial charge >= 0.3 is 0 Å². The summed E-state index contributed by atoms with van der Waals surface area (Å²) >= 11 is 5.36. The van der Waals surface area contributed by atoms with Crippen LogP contribution in [0.3, 0.4) is 0 Å². The zero-order chi connectivity index (χ0) is 8.97. The average Bonchev–Trinajstić information content (AvgIpc) is 2.06. The number of carbonyl (C=O) groups excluding carboxylic acids is 1. The smallest absolute Gasteiger partial charge is 0.212 e. The van der Waals surface area contributed by atoms with Crippen molar-refractivity contribution < 1.29 is 9.18 Å². The Hall–Kier alpha value is -0.960. The van der Waals surface area contributed by atoms with Gasteiger partial charge in [0.05, 0.1) is 0 Å². The molecular formula is C8H7ClFNO. The van der Waals surface area contributed by atoms with E-state index in [2.05, 4.69) is 4.98 Å². The molecule has 0 fully saturated rings. The van der Waals surface area contributed by atoms with Gasteiger partial charge in [-0.25, -0.2) is 4.98 Å². The molecule has 64 valence electrons. The number of pyridine rings is 1. The van der Waals surface area contributed by atoms with Crippen molar-refractivity contribution in [1.29, 1.82) is 0 Å². The van der Waals surface area contributed by atoms with Gasteiger partial charge in [-0.2, -0.15) is 4.39 Å². The summed E-state index contributed by atoms with van der Waals surface area (Å²) in [5.74, 6) is -0.425. The van der Waals surface area contributed by atoms with Gasteiger partial charge in [0.1, 0.15) is 0 Å². The molecule has 0 aliphatic rings. The number of carbonyl (C=O) groups is 1. The molecule has 0 aromatic carbocycles. The van der Waals surface area contributed by atoms with Gasteiger partial charge in [-0.15, -0.1) is 11.6 Å². The Morgan fingerprint density at radius 3 is 2.83 bits per heavy atom. The van der Waals surface area contributed by atoms with Crippen molar-refractivity contribution in [2.75, 3.05) is 5.88 Å². The van der Waals surface area contributed by atoms with Gasteiger partial charge in [0.2, 0.25) is 5.95 Å². The van der Waals surface area contributed by atoms with Crippen LogP contribution in [0.4, 0.5) is 4.39 Å². The van der Waals surface area contributed by atoms with Crippen LogP contribution >= 0.6 is 11.6 Å². The van der Waals surface area contributed by atoms with Gasteiger partial charge in [-0.3, -0.25) is 4.79 Å². The quantitative estimate of drug-likeness (QED) is 0.412. The molecule has 0 saturated heterocycles. The number of ketones is 1. The van der Waals surface area contributed by atoms with E-state index in [1.54, 1.807) is 0 Å². The maximum Gasteiger partial charge on any atom is 0.212 e. The van der Waals surface area contributed by atoms with E-state index >= 15 is 0 Å². The molecule has 1 rings (SSSR count). The number of Topliss-reactive ketones (excluding diaryl/α,β-unsaturated/α-hetero) is 1. The summed E-state index contributed by atoms with van der Waals surface area (Å²) in [5, 5.41) is 0.